The van der Waals surface area contributed by atoms with E-state index >= 15 is 0 Å². The molecule has 1 aliphatic heterocycles. The lowest BCUT2D eigenvalue weighted by atomic mass is 10.00. The number of fused-ring (bicyclic) bond motifs is 1. The van der Waals surface area contributed by atoms with Crippen LogP contribution in [0.4, 0.5) is 0 Å². The Balaban J connectivity index is 1.60. The summed E-state index contributed by atoms with van der Waals surface area (Å²) in [6, 6.07) is 12.7. The summed E-state index contributed by atoms with van der Waals surface area (Å²) in [6.45, 7) is 2.63. The molecule has 124 valence electrons. The van der Waals surface area contributed by atoms with Crippen molar-refractivity contribution in [1.29, 1.82) is 0 Å². The van der Waals surface area contributed by atoms with Crippen molar-refractivity contribution in [2.24, 2.45) is 0 Å². The predicted molar refractivity (Wildman–Crippen MR) is 88.7 cm³/mol. The first kappa shape index (κ1) is 16.1. The molecule has 5 heteroatoms. The molecule has 1 amide bonds. The number of hydrogen-bond donors (Lipinski definition) is 1. The first-order valence-corrected chi connectivity index (χ1v) is 7.86. The quantitative estimate of drug-likeness (QED) is 0.880. The normalized spacial score (nSPS) is 13.3. The van der Waals surface area contributed by atoms with Gasteiger partial charge < -0.3 is 14.7 Å². The van der Waals surface area contributed by atoms with Crippen molar-refractivity contribution >= 4 is 11.9 Å². The number of carbonyl (C=O) groups excluding carboxylic acids is 2. The molecule has 1 aliphatic rings. The summed E-state index contributed by atoms with van der Waals surface area (Å²) in [7, 11) is 0. The maximum Gasteiger partial charge on any atom is 0.342 e. The topological polar surface area (TPSA) is 66.8 Å². The van der Waals surface area contributed by atoms with Crippen molar-refractivity contribution in [2.75, 3.05) is 13.2 Å². The maximum atomic E-state index is 12.3. The van der Waals surface area contributed by atoms with E-state index in [0.29, 0.717) is 13.1 Å². The van der Waals surface area contributed by atoms with E-state index in [4.69, 9.17) is 4.74 Å². The van der Waals surface area contributed by atoms with E-state index in [9.17, 15) is 14.7 Å². The molecule has 0 aliphatic carbocycles. The van der Waals surface area contributed by atoms with Crippen molar-refractivity contribution in [1.82, 2.24) is 4.90 Å². The summed E-state index contributed by atoms with van der Waals surface area (Å²) in [6.07, 6.45) is 0.800. The van der Waals surface area contributed by atoms with Gasteiger partial charge in [0.2, 0.25) is 0 Å². The van der Waals surface area contributed by atoms with Crippen LogP contribution in [0.25, 0.3) is 0 Å². The highest BCUT2D eigenvalue weighted by molar-refractivity contribution is 5.94. The van der Waals surface area contributed by atoms with Crippen LogP contribution in [0, 0.1) is 6.92 Å². The third-order valence-corrected chi connectivity index (χ3v) is 4.18. The molecule has 0 saturated carbocycles. The third-order valence-electron chi connectivity index (χ3n) is 4.18. The van der Waals surface area contributed by atoms with E-state index in [0.717, 1.165) is 17.5 Å². The minimum absolute atomic E-state index is 0.0757. The maximum absolute atomic E-state index is 12.3. The zero-order chi connectivity index (χ0) is 17.1. The Bertz CT molecular complexity index is 785. The lowest BCUT2D eigenvalue weighted by Crippen LogP contribution is -2.38. The molecule has 2 aromatic carbocycles. The van der Waals surface area contributed by atoms with Crippen molar-refractivity contribution < 1.29 is 19.4 Å². The SMILES string of the molecule is Cc1ccc(O)c(C(=O)OCC(=O)N2CCc3ccccc3C2)c1. The Hall–Kier alpha value is -2.82. The number of benzene rings is 2. The monoisotopic (exact) mass is 325 g/mol. The van der Waals surface area contributed by atoms with Gasteiger partial charge in [-0.2, -0.15) is 0 Å². The average Bonchev–Trinajstić information content (AvgIpc) is 2.61. The predicted octanol–water partition coefficient (Wildman–Crippen LogP) is 2.44. The number of hydrogen-bond acceptors (Lipinski definition) is 4. The summed E-state index contributed by atoms with van der Waals surface area (Å²) in [5.74, 6) is -1.07. The molecular formula is C19H19NO4. The largest absolute Gasteiger partial charge is 0.507 e. The zero-order valence-corrected chi connectivity index (χ0v) is 13.5. The van der Waals surface area contributed by atoms with Crippen LogP contribution < -0.4 is 0 Å². The first-order valence-electron chi connectivity index (χ1n) is 7.86. The van der Waals surface area contributed by atoms with Gasteiger partial charge in [-0.05, 0) is 36.6 Å². The van der Waals surface area contributed by atoms with Crippen LogP contribution in [-0.2, 0) is 22.5 Å². The lowest BCUT2D eigenvalue weighted by molar-refractivity contribution is -0.135. The van der Waals surface area contributed by atoms with Gasteiger partial charge in [0.15, 0.2) is 6.61 Å². The van der Waals surface area contributed by atoms with Gasteiger partial charge in [0.25, 0.3) is 5.91 Å². The summed E-state index contributed by atoms with van der Waals surface area (Å²) >= 11 is 0. The van der Waals surface area contributed by atoms with Gasteiger partial charge in [-0.15, -0.1) is 0 Å². The summed E-state index contributed by atoms with van der Waals surface area (Å²) in [5.41, 5.74) is 3.29. The molecule has 0 radical (unpaired) electrons. The Morgan fingerprint density at radius 2 is 1.92 bits per heavy atom. The molecule has 3 rings (SSSR count). The van der Waals surface area contributed by atoms with E-state index in [2.05, 4.69) is 6.07 Å². The van der Waals surface area contributed by atoms with E-state index in [-0.39, 0.29) is 23.8 Å². The van der Waals surface area contributed by atoms with Crippen LogP contribution in [0.5, 0.6) is 5.75 Å². The van der Waals surface area contributed by atoms with Crippen molar-refractivity contribution in [3.63, 3.8) is 0 Å². The van der Waals surface area contributed by atoms with Crippen molar-refractivity contribution in [3.05, 3.63) is 64.7 Å². The number of carbonyl (C=O) groups is 2. The van der Waals surface area contributed by atoms with Crippen LogP contribution >= 0.6 is 0 Å². The fourth-order valence-electron chi connectivity index (χ4n) is 2.82. The summed E-state index contributed by atoms with van der Waals surface area (Å²) in [4.78, 5) is 26.0. The average molecular weight is 325 g/mol. The number of esters is 1. The minimum atomic E-state index is -0.693. The van der Waals surface area contributed by atoms with E-state index < -0.39 is 5.97 Å². The number of aryl methyl sites for hydroxylation is 1. The minimum Gasteiger partial charge on any atom is -0.507 e. The second-order valence-electron chi connectivity index (χ2n) is 5.93. The molecule has 0 aromatic heterocycles. The molecule has 2 aromatic rings. The number of amides is 1. The molecule has 1 heterocycles. The van der Waals surface area contributed by atoms with Gasteiger partial charge in [-0.1, -0.05) is 35.9 Å². The summed E-state index contributed by atoms with van der Waals surface area (Å²) in [5, 5.41) is 9.73. The molecule has 24 heavy (non-hydrogen) atoms. The number of aromatic hydroxyl groups is 1. The molecule has 0 unspecified atom stereocenters. The number of phenolic OH excluding ortho intramolecular Hbond substituents is 1. The van der Waals surface area contributed by atoms with E-state index in [1.165, 1.54) is 11.6 Å². The number of rotatable bonds is 3. The number of phenols is 1. The van der Waals surface area contributed by atoms with Gasteiger partial charge in [0.1, 0.15) is 11.3 Å². The van der Waals surface area contributed by atoms with E-state index in [1.54, 1.807) is 17.0 Å². The molecule has 0 atom stereocenters. The molecule has 0 spiro atoms. The van der Waals surface area contributed by atoms with Crippen LogP contribution in [0.1, 0.15) is 27.0 Å². The Kier molecular flexibility index (Phi) is 4.51. The second-order valence-corrected chi connectivity index (χ2v) is 5.93. The molecule has 1 N–H and O–H groups in total. The highest BCUT2D eigenvalue weighted by Gasteiger charge is 2.22. The molecule has 5 nitrogen and oxygen atoms in total. The van der Waals surface area contributed by atoms with Gasteiger partial charge in [0, 0.05) is 13.1 Å². The standard InChI is InChI=1S/C19H19NO4/c1-13-6-7-17(21)16(10-13)19(23)24-12-18(22)20-9-8-14-4-2-3-5-15(14)11-20/h2-7,10,21H,8-9,11-12H2,1H3. The molecule has 0 saturated heterocycles. The molecule has 0 bridgehead atoms. The fourth-order valence-corrected chi connectivity index (χ4v) is 2.82. The first-order chi connectivity index (χ1) is 11.5. The molecular weight excluding hydrogens is 306 g/mol. The fraction of sp³-hybridized carbons (Fsp3) is 0.263. The van der Waals surface area contributed by atoms with Crippen LogP contribution in [-0.4, -0.2) is 35.0 Å². The second kappa shape index (κ2) is 6.74. The lowest BCUT2D eigenvalue weighted by Gasteiger charge is -2.28. The van der Waals surface area contributed by atoms with Crippen LogP contribution in [0.15, 0.2) is 42.5 Å². The Labute approximate surface area is 140 Å². The molecule has 0 fully saturated rings. The Morgan fingerprint density at radius 1 is 1.17 bits per heavy atom. The third kappa shape index (κ3) is 3.40. The van der Waals surface area contributed by atoms with Crippen molar-refractivity contribution in [3.8, 4) is 5.75 Å². The number of nitrogens with zero attached hydrogens (tertiary/aromatic N) is 1. The van der Waals surface area contributed by atoms with Gasteiger partial charge >= 0.3 is 5.97 Å². The zero-order valence-electron chi connectivity index (χ0n) is 13.5. The smallest absolute Gasteiger partial charge is 0.342 e. The Morgan fingerprint density at radius 3 is 2.71 bits per heavy atom. The van der Waals surface area contributed by atoms with Gasteiger partial charge in [-0.3, -0.25) is 4.79 Å². The van der Waals surface area contributed by atoms with Crippen LogP contribution in [0.2, 0.25) is 0 Å². The number of ether oxygens (including phenoxy) is 1. The highest BCUT2D eigenvalue weighted by Crippen LogP contribution is 2.20. The van der Waals surface area contributed by atoms with Crippen molar-refractivity contribution in [2.45, 2.75) is 19.9 Å². The van der Waals surface area contributed by atoms with Gasteiger partial charge in [-0.25, -0.2) is 4.79 Å². The van der Waals surface area contributed by atoms with E-state index in [1.807, 2.05) is 25.1 Å². The van der Waals surface area contributed by atoms with Crippen LogP contribution in [0.3, 0.4) is 0 Å². The highest BCUT2D eigenvalue weighted by atomic mass is 16.5. The summed E-state index contributed by atoms with van der Waals surface area (Å²) < 4.78 is 5.08. The van der Waals surface area contributed by atoms with Gasteiger partial charge in [0.05, 0.1) is 0 Å².